The van der Waals surface area contributed by atoms with Crippen molar-refractivity contribution >= 4 is 21.4 Å². The standard InChI is InChI=1S/C13H20N4O2S2/c1-10(2)15-8-11-12(4-7-20-11)21(18,19)16-9-13-14-5-6-17(13)3/h4-7,10,15-16H,8-9H2,1-3H3. The molecule has 0 aliphatic rings. The fourth-order valence-electron chi connectivity index (χ4n) is 1.80. The summed E-state index contributed by atoms with van der Waals surface area (Å²) >= 11 is 1.44. The first-order chi connectivity index (χ1) is 9.90. The van der Waals surface area contributed by atoms with Gasteiger partial charge >= 0.3 is 0 Å². The van der Waals surface area contributed by atoms with Gasteiger partial charge < -0.3 is 9.88 Å². The monoisotopic (exact) mass is 328 g/mol. The fraction of sp³-hybridized carbons (Fsp3) is 0.462. The van der Waals surface area contributed by atoms with Gasteiger partial charge in [-0.3, -0.25) is 0 Å². The normalized spacial score (nSPS) is 12.2. The molecule has 6 nitrogen and oxygen atoms in total. The molecule has 0 aliphatic heterocycles. The topological polar surface area (TPSA) is 76.0 Å². The summed E-state index contributed by atoms with van der Waals surface area (Å²) in [6, 6.07) is 1.95. The van der Waals surface area contributed by atoms with Gasteiger partial charge in [-0.15, -0.1) is 11.3 Å². The SMILES string of the molecule is CC(C)NCc1sccc1S(=O)(=O)NCc1nccn1C. The minimum atomic E-state index is -3.52. The Kier molecular flexibility index (Phi) is 5.15. The van der Waals surface area contributed by atoms with Gasteiger partial charge in [0, 0.05) is 36.9 Å². The van der Waals surface area contributed by atoms with Gasteiger partial charge in [0.2, 0.25) is 10.0 Å². The van der Waals surface area contributed by atoms with E-state index < -0.39 is 10.0 Å². The maximum absolute atomic E-state index is 12.4. The molecule has 0 bridgehead atoms. The third-order valence-electron chi connectivity index (χ3n) is 3.01. The predicted octanol–water partition coefficient (Wildman–Crippen LogP) is 1.46. The molecule has 2 aromatic rings. The summed E-state index contributed by atoms with van der Waals surface area (Å²) in [7, 11) is -1.69. The van der Waals surface area contributed by atoms with Gasteiger partial charge in [0.15, 0.2) is 0 Å². The Balaban J connectivity index is 2.09. The number of aromatic nitrogens is 2. The summed E-state index contributed by atoms with van der Waals surface area (Å²) in [5, 5.41) is 5.04. The quantitative estimate of drug-likeness (QED) is 0.807. The smallest absolute Gasteiger partial charge is 0.242 e. The molecule has 0 atom stereocenters. The van der Waals surface area contributed by atoms with Crippen LogP contribution in [0, 0.1) is 0 Å². The third kappa shape index (κ3) is 4.13. The minimum Gasteiger partial charge on any atom is -0.337 e. The van der Waals surface area contributed by atoms with Gasteiger partial charge in [-0.05, 0) is 11.4 Å². The molecule has 0 unspecified atom stereocenters. The van der Waals surface area contributed by atoms with Crippen molar-refractivity contribution < 1.29 is 8.42 Å². The molecule has 8 heteroatoms. The lowest BCUT2D eigenvalue weighted by molar-refractivity contribution is 0.569. The van der Waals surface area contributed by atoms with E-state index in [1.807, 2.05) is 20.9 Å². The molecule has 0 amide bonds. The Morgan fingerprint density at radius 2 is 2.14 bits per heavy atom. The molecule has 0 radical (unpaired) electrons. The van der Waals surface area contributed by atoms with Crippen molar-refractivity contribution in [3.63, 3.8) is 0 Å². The number of thiophene rings is 1. The fourth-order valence-corrected chi connectivity index (χ4v) is 4.17. The second kappa shape index (κ2) is 6.69. The average Bonchev–Trinajstić information content (AvgIpc) is 3.03. The van der Waals surface area contributed by atoms with Crippen LogP contribution in [0.25, 0.3) is 0 Å². The summed E-state index contributed by atoms with van der Waals surface area (Å²) in [5.74, 6) is 0.677. The van der Waals surface area contributed by atoms with Gasteiger partial charge in [-0.25, -0.2) is 18.1 Å². The zero-order valence-corrected chi connectivity index (χ0v) is 14.0. The molecule has 0 saturated carbocycles. The number of nitrogens with one attached hydrogen (secondary N) is 2. The van der Waals surface area contributed by atoms with Crippen molar-refractivity contribution in [2.75, 3.05) is 0 Å². The summed E-state index contributed by atoms with van der Waals surface area (Å²) in [4.78, 5) is 5.27. The number of hydrogen-bond acceptors (Lipinski definition) is 5. The van der Waals surface area contributed by atoms with Crippen molar-refractivity contribution in [2.24, 2.45) is 7.05 Å². The van der Waals surface area contributed by atoms with Crippen LogP contribution in [0.3, 0.4) is 0 Å². The molecule has 2 heterocycles. The molecule has 2 aromatic heterocycles. The van der Waals surface area contributed by atoms with E-state index in [4.69, 9.17) is 0 Å². The van der Waals surface area contributed by atoms with Crippen molar-refractivity contribution in [3.8, 4) is 0 Å². The molecule has 2 rings (SSSR count). The van der Waals surface area contributed by atoms with Gasteiger partial charge in [0.1, 0.15) is 5.82 Å². The van der Waals surface area contributed by atoms with Crippen molar-refractivity contribution in [1.82, 2.24) is 19.6 Å². The Labute approximate surface area is 129 Å². The van der Waals surface area contributed by atoms with Gasteiger partial charge in [-0.1, -0.05) is 13.8 Å². The van der Waals surface area contributed by atoms with Gasteiger partial charge in [0.05, 0.1) is 11.4 Å². The largest absolute Gasteiger partial charge is 0.337 e. The second-order valence-electron chi connectivity index (χ2n) is 5.02. The van der Waals surface area contributed by atoms with E-state index in [1.165, 1.54) is 11.3 Å². The maximum atomic E-state index is 12.4. The van der Waals surface area contributed by atoms with Crippen LogP contribution in [-0.4, -0.2) is 24.0 Å². The minimum absolute atomic E-state index is 0.179. The Morgan fingerprint density at radius 1 is 1.38 bits per heavy atom. The lowest BCUT2D eigenvalue weighted by atomic mass is 10.4. The van der Waals surface area contributed by atoms with Gasteiger partial charge in [-0.2, -0.15) is 0 Å². The van der Waals surface area contributed by atoms with E-state index in [9.17, 15) is 8.42 Å². The first kappa shape index (κ1) is 16.2. The molecule has 2 N–H and O–H groups in total. The van der Waals surface area contributed by atoms with Crippen LogP contribution in [0.2, 0.25) is 0 Å². The number of hydrogen-bond donors (Lipinski definition) is 2. The first-order valence-corrected chi connectivity index (χ1v) is 9.02. The van der Waals surface area contributed by atoms with E-state index in [2.05, 4.69) is 15.0 Å². The molecule has 21 heavy (non-hydrogen) atoms. The average molecular weight is 328 g/mol. The number of aryl methyl sites for hydroxylation is 1. The summed E-state index contributed by atoms with van der Waals surface area (Å²) < 4.78 is 29.2. The molecule has 0 aliphatic carbocycles. The third-order valence-corrected chi connectivity index (χ3v) is 5.54. The molecule has 116 valence electrons. The number of imidazole rings is 1. The van der Waals surface area contributed by atoms with Crippen LogP contribution in [0.1, 0.15) is 24.5 Å². The van der Waals surface area contributed by atoms with E-state index in [0.717, 1.165) is 4.88 Å². The number of nitrogens with zero attached hydrogens (tertiary/aromatic N) is 2. The zero-order chi connectivity index (χ0) is 15.5. The maximum Gasteiger partial charge on any atom is 0.242 e. The van der Waals surface area contributed by atoms with Gasteiger partial charge in [0.25, 0.3) is 0 Å². The molecular formula is C13H20N4O2S2. The Hall–Kier alpha value is -1.22. The van der Waals surface area contributed by atoms with Crippen LogP contribution >= 0.6 is 11.3 Å². The van der Waals surface area contributed by atoms with Crippen LogP contribution in [0.4, 0.5) is 0 Å². The summed E-state index contributed by atoms with van der Waals surface area (Å²) in [6.45, 7) is 4.79. The predicted molar refractivity (Wildman–Crippen MR) is 83.5 cm³/mol. The van der Waals surface area contributed by atoms with Crippen molar-refractivity contribution in [1.29, 1.82) is 0 Å². The van der Waals surface area contributed by atoms with Crippen molar-refractivity contribution in [2.45, 2.75) is 37.9 Å². The zero-order valence-electron chi connectivity index (χ0n) is 12.3. The lowest BCUT2D eigenvalue weighted by Gasteiger charge is -2.10. The first-order valence-electron chi connectivity index (χ1n) is 6.66. The van der Waals surface area contributed by atoms with Crippen LogP contribution < -0.4 is 10.0 Å². The van der Waals surface area contributed by atoms with E-state index in [-0.39, 0.29) is 6.54 Å². The van der Waals surface area contributed by atoms with E-state index in [0.29, 0.717) is 23.3 Å². The van der Waals surface area contributed by atoms with E-state index >= 15 is 0 Å². The highest BCUT2D eigenvalue weighted by Gasteiger charge is 2.20. The lowest BCUT2D eigenvalue weighted by Crippen LogP contribution is -2.27. The molecule has 0 spiro atoms. The number of sulfonamides is 1. The molecule has 0 fully saturated rings. The van der Waals surface area contributed by atoms with Crippen LogP contribution in [-0.2, 0) is 30.2 Å². The molecule has 0 saturated heterocycles. The highest BCUT2D eigenvalue weighted by atomic mass is 32.2. The van der Waals surface area contributed by atoms with Crippen molar-refractivity contribution in [3.05, 3.63) is 34.5 Å². The number of rotatable bonds is 7. The van der Waals surface area contributed by atoms with Crippen LogP contribution in [0.15, 0.2) is 28.7 Å². The summed E-state index contributed by atoms with van der Waals surface area (Å²) in [6.07, 6.45) is 3.43. The van der Waals surface area contributed by atoms with E-state index in [1.54, 1.807) is 28.4 Å². The molecule has 0 aromatic carbocycles. The summed E-state index contributed by atoms with van der Waals surface area (Å²) in [5.41, 5.74) is 0. The molecular weight excluding hydrogens is 308 g/mol. The highest BCUT2D eigenvalue weighted by molar-refractivity contribution is 7.89. The van der Waals surface area contributed by atoms with Crippen LogP contribution in [0.5, 0.6) is 0 Å². The second-order valence-corrected chi connectivity index (χ2v) is 7.76. The Bertz CT molecular complexity index is 689. The Morgan fingerprint density at radius 3 is 2.76 bits per heavy atom. The highest BCUT2D eigenvalue weighted by Crippen LogP contribution is 2.22.